The molecule has 0 bridgehead atoms. The van der Waals surface area contributed by atoms with Gasteiger partial charge in [0.1, 0.15) is 0 Å². The van der Waals surface area contributed by atoms with Crippen molar-refractivity contribution in [2.45, 2.75) is 32.4 Å². The summed E-state index contributed by atoms with van der Waals surface area (Å²) < 4.78 is 5.42. The number of morpholine rings is 1. The second-order valence-electron chi connectivity index (χ2n) is 6.19. The van der Waals surface area contributed by atoms with Crippen LogP contribution in [0.1, 0.15) is 32.4 Å². The lowest BCUT2D eigenvalue weighted by molar-refractivity contribution is -0.0102. The van der Waals surface area contributed by atoms with E-state index in [-0.39, 0.29) is 11.6 Å². The average Bonchev–Trinajstić information content (AvgIpc) is 2.48. The Morgan fingerprint density at radius 3 is 2.52 bits per heavy atom. The van der Waals surface area contributed by atoms with Crippen LogP contribution in [-0.4, -0.2) is 43.3 Å². The zero-order valence-electron chi connectivity index (χ0n) is 13.0. The van der Waals surface area contributed by atoms with Crippen molar-refractivity contribution < 1.29 is 4.74 Å². The highest BCUT2D eigenvalue weighted by Gasteiger charge is 2.28. The van der Waals surface area contributed by atoms with Gasteiger partial charge in [-0.05, 0) is 38.5 Å². The van der Waals surface area contributed by atoms with Gasteiger partial charge < -0.3 is 10.1 Å². The summed E-state index contributed by atoms with van der Waals surface area (Å²) in [4.78, 5) is 2.48. The molecule has 21 heavy (non-hydrogen) atoms. The molecule has 3 nitrogen and oxygen atoms in total. The molecule has 1 aliphatic heterocycles. The molecular weight excluding hydrogens is 307 g/mol. The van der Waals surface area contributed by atoms with Crippen molar-refractivity contribution in [3.8, 4) is 0 Å². The van der Waals surface area contributed by atoms with Gasteiger partial charge in [-0.1, -0.05) is 29.3 Å². The van der Waals surface area contributed by atoms with Gasteiger partial charge in [-0.2, -0.15) is 0 Å². The number of rotatable bonds is 5. The lowest BCUT2D eigenvalue weighted by Gasteiger charge is -2.41. The highest BCUT2D eigenvalue weighted by atomic mass is 35.5. The molecule has 1 atom stereocenters. The largest absolute Gasteiger partial charge is 0.379 e. The minimum Gasteiger partial charge on any atom is -0.379 e. The molecular formula is C16H24Cl2N2O. The van der Waals surface area contributed by atoms with Gasteiger partial charge in [0.2, 0.25) is 0 Å². The topological polar surface area (TPSA) is 24.5 Å². The van der Waals surface area contributed by atoms with Gasteiger partial charge in [0, 0.05) is 31.2 Å². The normalized spacial score (nSPS) is 18.7. The van der Waals surface area contributed by atoms with Crippen molar-refractivity contribution in [3.05, 3.63) is 33.8 Å². The summed E-state index contributed by atoms with van der Waals surface area (Å²) in [5.41, 5.74) is 1.26. The van der Waals surface area contributed by atoms with Crippen molar-refractivity contribution in [2.75, 3.05) is 32.8 Å². The molecule has 2 rings (SSSR count). The van der Waals surface area contributed by atoms with E-state index in [4.69, 9.17) is 27.9 Å². The number of benzene rings is 1. The van der Waals surface area contributed by atoms with Gasteiger partial charge in [0.25, 0.3) is 0 Å². The highest BCUT2D eigenvalue weighted by Crippen LogP contribution is 2.26. The fourth-order valence-electron chi connectivity index (χ4n) is 2.58. The number of ether oxygens (including phenoxy) is 1. The summed E-state index contributed by atoms with van der Waals surface area (Å²) in [5, 5.41) is 4.80. The van der Waals surface area contributed by atoms with Crippen LogP contribution in [-0.2, 0) is 4.74 Å². The molecule has 5 heteroatoms. The Hall–Kier alpha value is -0.320. The Kier molecular flexibility index (Phi) is 5.92. The van der Waals surface area contributed by atoms with E-state index >= 15 is 0 Å². The first-order chi connectivity index (χ1) is 9.90. The first-order valence-electron chi connectivity index (χ1n) is 7.41. The highest BCUT2D eigenvalue weighted by molar-refractivity contribution is 6.42. The monoisotopic (exact) mass is 330 g/mol. The zero-order chi connectivity index (χ0) is 15.5. The summed E-state index contributed by atoms with van der Waals surface area (Å²) in [6.45, 7) is 11.2. The lowest BCUT2D eigenvalue weighted by Crippen LogP contribution is -2.54. The molecule has 0 spiro atoms. The minimum atomic E-state index is 0.105. The Morgan fingerprint density at radius 1 is 1.24 bits per heavy atom. The maximum absolute atomic E-state index is 6.09. The zero-order valence-corrected chi connectivity index (χ0v) is 14.5. The number of hydrogen-bond acceptors (Lipinski definition) is 3. The Balaban J connectivity index is 1.92. The number of nitrogens with one attached hydrogen (secondary N) is 1. The van der Waals surface area contributed by atoms with E-state index in [1.54, 1.807) is 0 Å². The molecule has 1 N–H and O–H groups in total. The molecule has 1 heterocycles. The molecule has 0 saturated carbocycles. The second-order valence-corrected chi connectivity index (χ2v) is 7.00. The van der Waals surface area contributed by atoms with E-state index in [1.165, 1.54) is 0 Å². The fraction of sp³-hybridized carbons (Fsp3) is 0.625. The summed E-state index contributed by atoms with van der Waals surface area (Å²) in [6, 6.07) is 6.04. The van der Waals surface area contributed by atoms with Crippen molar-refractivity contribution in [1.29, 1.82) is 0 Å². The Bertz CT molecular complexity index is 473. The molecule has 118 valence electrons. The molecule has 1 aromatic rings. The molecule has 0 aromatic heterocycles. The van der Waals surface area contributed by atoms with Crippen LogP contribution in [0.4, 0.5) is 0 Å². The van der Waals surface area contributed by atoms with Crippen LogP contribution in [0.15, 0.2) is 18.2 Å². The van der Waals surface area contributed by atoms with Gasteiger partial charge in [-0.25, -0.2) is 0 Å². The Morgan fingerprint density at radius 2 is 1.90 bits per heavy atom. The smallest absolute Gasteiger partial charge is 0.0595 e. The van der Waals surface area contributed by atoms with E-state index in [0.29, 0.717) is 10.0 Å². The molecule has 1 fully saturated rings. The van der Waals surface area contributed by atoms with Gasteiger partial charge >= 0.3 is 0 Å². The van der Waals surface area contributed by atoms with Crippen LogP contribution in [0.25, 0.3) is 0 Å². The first-order valence-corrected chi connectivity index (χ1v) is 8.17. The Labute approximate surface area is 137 Å². The van der Waals surface area contributed by atoms with Crippen LogP contribution in [0, 0.1) is 0 Å². The van der Waals surface area contributed by atoms with E-state index < -0.39 is 0 Å². The standard InChI is InChI=1S/C16H24Cl2N2O/c1-12(13-4-5-14(17)15(18)10-13)19-11-16(2,3)20-6-8-21-9-7-20/h4-5,10,12,19H,6-9,11H2,1-3H3. The molecule has 1 saturated heterocycles. The third kappa shape index (κ3) is 4.57. The summed E-state index contributed by atoms with van der Waals surface area (Å²) in [7, 11) is 0. The van der Waals surface area contributed by atoms with E-state index in [9.17, 15) is 0 Å². The summed E-state index contributed by atoms with van der Waals surface area (Å²) in [5.74, 6) is 0. The average molecular weight is 331 g/mol. The van der Waals surface area contributed by atoms with Crippen LogP contribution in [0.5, 0.6) is 0 Å². The number of halogens is 2. The summed E-state index contributed by atoms with van der Waals surface area (Å²) >= 11 is 12.1. The maximum atomic E-state index is 6.09. The molecule has 1 aliphatic rings. The molecule has 0 radical (unpaired) electrons. The predicted molar refractivity (Wildman–Crippen MR) is 89.4 cm³/mol. The van der Waals surface area contributed by atoms with Gasteiger partial charge in [-0.3, -0.25) is 4.90 Å². The fourth-order valence-corrected chi connectivity index (χ4v) is 2.89. The maximum Gasteiger partial charge on any atom is 0.0595 e. The van der Waals surface area contributed by atoms with Crippen LogP contribution in [0.2, 0.25) is 10.0 Å². The van der Waals surface area contributed by atoms with Gasteiger partial charge in [-0.15, -0.1) is 0 Å². The van der Waals surface area contributed by atoms with Gasteiger partial charge in [0.15, 0.2) is 0 Å². The first kappa shape index (κ1) is 17.0. The molecule has 0 amide bonds. The SMILES string of the molecule is CC(NCC(C)(C)N1CCOCC1)c1ccc(Cl)c(Cl)c1. The van der Waals surface area contributed by atoms with E-state index in [2.05, 4.69) is 31.0 Å². The van der Waals surface area contributed by atoms with Crippen LogP contribution >= 0.6 is 23.2 Å². The second kappa shape index (κ2) is 7.30. The third-order valence-corrected chi connectivity index (χ3v) is 4.89. The van der Waals surface area contributed by atoms with Crippen molar-refractivity contribution in [3.63, 3.8) is 0 Å². The minimum absolute atomic E-state index is 0.105. The third-order valence-electron chi connectivity index (χ3n) is 4.15. The molecule has 1 aromatic carbocycles. The van der Waals surface area contributed by atoms with Crippen LogP contribution in [0.3, 0.4) is 0 Å². The van der Waals surface area contributed by atoms with Crippen molar-refractivity contribution in [1.82, 2.24) is 10.2 Å². The molecule has 0 aliphatic carbocycles. The van der Waals surface area contributed by atoms with Crippen LogP contribution < -0.4 is 5.32 Å². The molecule has 1 unspecified atom stereocenters. The number of hydrogen-bond donors (Lipinski definition) is 1. The lowest BCUT2D eigenvalue weighted by atomic mass is 10.0. The van der Waals surface area contributed by atoms with Gasteiger partial charge in [0.05, 0.1) is 23.3 Å². The van der Waals surface area contributed by atoms with E-state index in [1.807, 2.05) is 18.2 Å². The quantitative estimate of drug-likeness (QED) is 0.889. The van der Waals surface area contributed by atoms with Crippen molar-refractivity contribution in [2.24, 2.45) is 0 Å². The van der Waals surface area contributed by atoms with Crippen molar-refractivity contribution >= 4 is 23.2 Å². The number of nitrogens with zero attached hydrogens (tertiary/aromatic N) is 1. The summed E-state index contributed by atoms with van der Waals surface area (Å²) in [6.07, 6.45) is 0. The van der Waals surface area contributed by atoms with E-state index in [0.717, 1.165) is 38.4 Å². The predicted octanol–water partition coefficient (Wildman–Crippen LogP) is 3.75.